The van der Waals surface area contributed by atoms with Crippen LogP contribution >= 0.6 is 0 Å². The zero-order valence-corrected chi connectivity index (χ0v) is 12.3. The molecule has 3 N–H and O–H groups in total. The maximum atomic E-state index is 7.17. The first kappa shape index (κ1) is 24.9. The molecule has 0 saturated carbocycles. The summed E-state index contributed by atoms with van der Waals surface area (Å²) in [6.45, 7) is 0. The molecule has 0 aliphatic carbocycles. The predicted octanol–water partition coefficient (Wildman–Crippen LogP) is -1.52. The monoisotopic (exact) mass is 239 g/mol. The van der Waals surface area contributed by atoms with Gasteiger partial charge in [0.25, 0.3) is 0 Å². The molecular weight excluding hydrogens is 209 g/mol. The molecule has 0 saturated heterocycles. The van der Waals surface area contributed by atoms with Crippen LogP contribution in [-0.4, -0.2) is 101 Å². The van der Waals surface area contributed by atoms with Gasteiger partial charge in [-0.15, -0.1) is 0 Å². The summed E-state index contributed by atoms with van der Waals surface area (Å²) in [5.41, 5.74) is 0. The van der Waals surface area contributed by atoms with E-state index in [-0.39, 0.29) is 0 Å². The number of hydrogen-bond acceptors (Lipinski definition) is 6. The van der Waals surface area contributed by atoms with Gasteiger partial charge < -0.3 is 29.8 Å². The minimum Gasteiger partial charge on any atom is -0.402 e. The van der Waals surface area contributed by atoms with E-state index in [1.54, 1.807) is 0 Å². The molecule has 7 heteroatoms. The van der Waals surface area contributed by atoms with E-state index in [1.807, 2.05) is 78.1 Å². The maximum absolute atomic E-state index is 7.17. The van der Waals surface area contributed by atoms with Crippen molar-refractivity contribution in [1.82, 2.24) is 14.7 Å². The van der Waals surface area contributed by atoms with Crippen molar-refractivity contribution in [2.45, 2.75) is 0 Å². The largest absolute Gasteiger partial charge is 0.631 e. The third-order valence-corrected chi connectivity index (χ3v) is 0. The Labute approximate surface area is 101 Å². The highest BCUT2D eigenvalue weighted by Gasteiger charge is 1.92. The van der Waals surface area contributed by atoms with Crippen LogP contribution in [0.2, 0.25) is 0 Å². The van der Waals surface area contributed by atoms with Crippen LogP contribution in [0.25, 0.3) is 0 Å². The molecule has 0 aromatic carbocycles. The van der Waals surface area contributed by atoms with E-state index in [0.717, 1.165) is 0 Å². The molecule has 0 heterocycles. The molecule has 6 nitrogen and oxygen atoms in total. The molecule has 0 bridgehead atoms. The third kappa shape index (κ3) is 74200. The fourth-order valence-corrected chi connectivity index (χ4v) is 0. The SMILES string of the molecule is CN(C)C.CN(C)C.CN(C)C.OB(O)O. The summed E-state index contributed by atoms with van der Waals surface area (Å²) >= 11 is 0. The smallest absolute Gasteiger partial charge is 0.402 e. The van der Waals surface area contributed by atoms with Crippen LogP contribution in [0.15, 0.2) is 0 Å². The van der Waals surface area contributed by atoms with Gasteiger partial charge in [0.05, 0.1) is 0 Å². The summed E-state index contributed by atoms with van der Waals surface area (Å²) in [4.78, 5) is 6.00. The number of nitrogens with zero attached hydrogens (tertiary/aromatic N) is 3. The molecule has 0 fully saturated rings. The Hall–Kier alpha value is -0.175. The summed E-state index contributed by atoms with van der Waals surface area (Å²) < 4.78 is 0. The predicted molar refractivity (Wildman–Crippen MR) is 71.2 cm³/mol. The van der Waals surface area contributed by atoms with Gasteiger partial charge in [-0.3, -0.25) is 0 Å². The van der Waals surface area contributed by atoms with E-state index in [1.165, 1.54) is 0 Å². The summed E-state index contributed by atoms with van der Waals surface area (Å²) in [6.07, 6.45) is 0. The van der Waals surface area contributed by atoms with Crippen molar-refractivity contribution in [3.05, 3.63) is 0 Å². The molecule has 0 rings (SSSR count). The van der Waals surface area contributed by atoms with Crippen molar-refractivity contribution in [2.75, 3.05) is 63.4 Å². The van der Waals surface area contributed by atoms with Crippen molar-refractivity contribution in [2.24, 2.45) is 0 Å². The lowest BCUT2D eigenvalue weighted by molar-refractivity contribution is 0.278. The Balaban J connectivity index is -0.0000000600. The van der Waals surface area contributed by atoms with Gasteiger partial charge in [-0.1, -0.05) is 0 Å². The Morgan fingerprint density at radius 1 is 0.500 bits per heavy atom. The first-order valence-electron chi connectivity index (χ1n) is 4.80. The quantitative estimate of drug-likeness (QED) is 0.446. The lowest BCUT2D eigenvalue weighted by Gasteiger charge is -1.90. The summed E-state index contributed by atoms with van der Waals surface area (Å²) in [5.74, 6) is 0. The highest BCUT2D eigenvalue weighted by molar-refractivity contribution is 6.30. The minimum atomic E-state index is -2.17. The molecule has 0 radical (unpaired) electrons. The van der Waals surface area contributed by atoms with Crippen LogP contribution in [0.3, 0.4) is 0 Å². The molecule has 0 amide bonds. The molecule has 0 aliphatic heterocycles. The first-order chi connectivity index (χ1) is 6.93. The topological polar surface area (TPSA) is 70.4 Å². The second-order valence-electron chi connectivity index (χ2n) is 4.37. The van der Waals surface area contributed by atoms with Crippen molar-refractivity contribution < 1.29 is 15.1 Å². The Morgan fingerprint density at radius 3 is 0.500 bits per heavy atom. The van der Waals surface area contributed by atoms with E-state index in [4.69, 9.17) is 15.1 Å². The van der Waals surface area contributed by atoms with Gasteiger partial charge in [0, 0.05) is 0 Å². The summed E-state index contributed by atoms with van der Waals surface area (Å²) in [7, 11) is 15.8. The third-order valence-electron chi connectivity index (χ3n) is 0. The van der Waals surface area contributed by atoms with Crippen LogP contribution in [-0.2, 0) is 0 Å². The number of rotatable bonds is 0. The fourth-order valence-electron chi connectivity index (χ4n) is 0. The van der Waals surface area contributed by atoms with Gasteiger partial charge in [-0.2, -0.15) is 0 Å². The van der Waals surface area contributed by atoms with Crippen molar-refractivity contribution in [3.63, 3.8) is 0 Å². The highest BCUT2D eigenvalue weighted by atomic mass is 16.5. The molecule has 0 aliphatic rings. The molecule has 0 aromatic rings. The standard InChI is InChI=1S/3C3H9N.BH3O3/c3*1-4(2)3;2-1(3)4/h3*1-3H3;2-4H. The first-order valence-corrected chi connectivity index (χ1v) is 4.80. The zero-order valence-electron chi connectivity index (χ0n) is 12.3. The van der Waals surface area contributed by atoms with E-state index in [0.29, 0.717) is 0 Å². The highest BCUT2D eigenvalue weighted by Crippen LogP contribution is 1.48. The Bertz CT molecular complexity index is 69.0. The average Bonchev–Trinajstić information content (AvgIpc) is 1.76. The second kappa shape index (κ2) is 20.3. The van der Waals surface area contributed by atoms with Crippen LogP contribution in [0.5, 0.6) is 0 Å². The van der Waals surface area contributed by atoms with Crippen molar-refractivity contribution in [3.8, 4) is 0 Å². The summed E-state index contributed by atoms with van der Waals surface area (Å²) in [5, 5.41) is 21.5. The van der Waals surface area contributed by atoms with Gasteiger partial charge in [0.1, 0.15) is 0 Å². The van der Waals surface area contributed by atoms with Gasteiger partial charge >= 0.3 is 7.32 Å². The van der Waals surface area contributed by atoms with Crippen molar-refractivity contribution in [1.29, 1.82) is 0 Å². The molecule has 16 heavy (non-hydrogen) atoms. The lowest BCUT2D eigenvalue weighted by atomic mass is 10.3. The van der Waals surface area contributed by atoms with Gasteiger partial charge in [0.15, 0.2) is 0 Å². The van der Waals surface area contributed by atoms with Crippen molar-refractivity contribution >= 4 is 7.32 Å². The molecule has 0 unspecified atom stereocenters. The average molecular weight is 239 g/mol. The van der Waals surface area contributed by atoms with Crippen LogP contribution in [0.4, 0.5) is 0 Å². The normalized spacial score (nSPS) is 8.44. The summed E-state index contributed by atoms with van der Waals surface area (Å²) in [6, 6.07) is 0. The van der Waals surface area contributed by atoms with Crippen LogP contribution in [0.1, 0.15) is 0 Å². The molecule has 0 atom stereocenters. The molecular formula is C9H30BN3O3. The maximum Gasteiger partial charge on any atom is 0.631 e. The minimum absolute atomic E-state index is 2.00. The Kier molecular flexibility index (Phi) is 31.5. The van der Waals surface area contributed by atoms with Crippen LogP contribution in [0, 0.1) is 0 Å². The van der Waals surface area contributed by atoms with Gasteiger partial charge in [-0.05, 0) is 63.4 Å². The molecule has 102 valence electrons. The zero-order chi connectivity index (χ0) is 14.3. The van der Waals surface area contributed by atoms with Crippen LogP contribution < -0.4 is 0 Å². The van der Waals surface area contributed by atoms with E-state index >= 15 is 0 Å². The Morgan fingerprint density at radius 2 is 0.500 bits per heavy atom. The number of hydrogen-bond donors (Lipinski definition) is 3. The molecule has 0 spiro atoms. The fraction of sp³-hybridized carbons (Fsp3) is 1.00. The molecule has 0 aromatic heterocycles. The van der Waals surface area contributed by atoms with E-state index in [2.05, 4.69) is 0 Å². The van der Waals surface area contributed by atoms with Gasteiger partial charge in [0.2, 0.25) is 0 Å². The second-order valence-corrected chi connectivity index (χ2v) is 4.37. The van der Waals surface area contributed by atoms with Gasteiger partial charge in [-0.25, -0.2) is 0 Å². The van der Waals surface area contributed by atoms with E-state index < -0.39 is 7.32 Å². The lowest BCUT2D eigenvalue weighted by Crippen LogP contribution is -2.07. The van der Waals surface area contributed by atoms with E-state index in [9.17, 15) is 0 Å².